The molecule has 0 saturated heterocycles. The lowest BCUT2D eigenvalue weighted by Crippen LogP contribution is -2.52. The van der Waals surface area contributed by atoms with Gasteiger partial charge in [-0.3, -0.25) is 19.5 Å². The summed E-state index contributed by atoms with van der Waals surface area (Å²) in [5, 5.41) is 2.75. The van der Waals surface area contributed by atoms with Crippen molar-refractivity contribution in [1.82, 2.24) is 15.2 Å². The first-order chi connectivity index (χ1) is 10.9. The van der Waals surface area contributed by atoms with Crippen molar-refractivity contribution in [2.24, 2.45) is 11.5 Å². The number of pyridine rings is 1. The van der Waals surface area contributed by atoms with Crippen LogP contribution < -0.4 is 16.8 Å². The van der Waals surface area contributed by atoms with Gasteiger partial charge in [0, 0.05) is 19.0 Å². The molecule has 23 heavy (non-hydrogen) atoms. The van der Waals surface area contributed by atoms with Crippen molar-refractivity contribution in [3.05, 3.63) is 30.1 Å². The summed E-state index contributed by atoms with van der Waals surface area (Å²) in [6.45, 7) is 1.88. The number of rotatable bonds is 9. The van der Waals surface area contributed by atoms with Crippen molar-refractivity contribution < 1.29 is 14.4 Å². The number of aromatic nitrogens is 1. The number of urea groups is 1. The summed E-state index contributed by atoms with van der Waals surface area (Å²) in [4.78, 5) is 39.8. The third-order valence-electron chi connectivity index (χ3n) is 3.27. The topological polar surface area (TPSA) is 131 Å². The molecule has 8 nitrogen and oxygen atoms in total. The Morgan fingerprint density at radius 3 is 2.57 bits per heavy atom. The number of amides is 4. The highest BCUT2D eigenvalue weighted by atomic mass is 16.2. The van der Waals surface area contributed by atoms with E-state index >= 15 is 0 Å². The second-order valence-corrected chi connectivity index (χ2v) is 5.08. The number of hydrogen-bond donors (Lipinski definition) is 3. The number of nitrogens with one attached hydrogen (secondary N) is 1. The molecule has 1 unspecified atom stereocenters. The summed E-state index contributed by atoms with van der Waals surface area (Å²) in [6.07, 6.45) is 2.28. The van der Waals surface area contributed by atoms with E-state index in [1.807, 2.05) is 0 Å². The van der Waals surface area contributed by atoms with E-state index in [0.29, 0.717) is 18.5 Å². The summed E-state index contributed by atoms with van der Waals surface area (Å²) in [5.41, 5.74) is 11.2. The molecule has 0 saturated carbocycles. The monoisotopic (exact) mass is 321 g/mol. The van der Waals surface area contributed by atoms with Gasteiger partial charge >= 0.3 is 6.03 Å². The largest absolute Gasteiger partial charge is 0.370 e. The maximum atomic E-state index is 11.8. The Labute approximate surface area is 135 Å². The normalized spacial score (nSPS) is 11.5. The van der Waals surface area contributed by atoms with Crippen molar-refractivity contribution in [2.45, 2.75) is 45.3 Å². The number of primary amides is 2. The summed E-state index contributed by atoms with van der Waals surface area (Å²) >= 11 is 0. The van der Waals surface area contributed by atoms with Crippen LogP contribution in [0.5, 0.6) is 0 Å². The highest BCUT2D eigenvalue weighted by molar-refractivity contribution is 5.77. The average molecular weight is 321 g/mol. The Balaban J connectivity index is 2.84. The van der Waals surface area contributed by atoms with Crippen LogP contribution in [0.2, 0.25) is 0 Å². The van der Waals surface area contributed by atoms with E-state index in [9.17, 15) is 14.4 Å². The van der Waals surface area contributed by atoms with E-state index in [4.69, 9.17) is 11.5 Å². The third-order valence-corrected chi connectivity index (χ3v) is 3.27. The van der Waals surface area contributed by atoms with Crippen molar-refractivity contribution in [3.8, 4) is 0 Å². The quantitative estimate of drug-likeness (QED) is 0.570. The van der Waals surface area contributed by atoms with Gasteiger partial charge in [0.15, 0.2) is 0 Å². The van der Waals surface area contributed by atoms with Gasteiger partial charge in [-0.25, -0.2) is 4.79 Å². The molecular weight excluding hydrogens is 298 g/mol. The molecule has 1 aromatic rings. The molecular formula is C15H23N5O3. The molecule has 0 spiro atoms. The minimum atomic E-state index is -0.670. The van der Waals surface area contributed by atoms with Gasteiger partial charge in [0.1, 0.15) is 6.17 Å². The zero-order chi connectivity index (χ0) is 17.2. The zero-order valence-corrected chi connectivity index (χ0v) is 13.2. The van der Waals surface area contributed by atoms with Crippen LogP contribution in [0.25, 0.3) is 0 Å². The molecule has 0 aliphatic rings. The molecule has 0 aliphatic carbocycles. The molecule has 0 bridgehead atoms. The summed E-state index contributed by atoms with van der Waals surface area (Å²) in [6, 6.07) is 4.66. The summed E-state index contributed by atoms with van der Waals surface area (Å²) in [7, 11) is 0. The molecule has 8 heteroatoms. The zero-order valence-electron chi connectivity index (χ0n) is 13.2. The van der Waals surface area contributed by atoms with Crippen molar-refractivity contribution in [2.75, 3.05) is 0 Å². The molecule has 1 heterocycles. The minimum absolute atomic E-state index is 0.168. The van der Waals surface area contributed by atoms with Crippen molar-refractivity contribution in [1.29, 1.82) is 0 Å². The van der Waals surface area contributed by atoms with Gasteiger partial charge in [-0.15, -0.1) is 0 Å². The Morgan fingerprint density at radius 1 is 1.30 bits per heavy atom. The predicted octanol–water partition coefficient (Wildman–Crippen LogP) is 0.470. The first-order valence-electron chi connectivity index (χ1n) is 7.47. The lowest BCUT2D eigenvalue weighted by molar-refractivity contribution is -0.122. The second kappa shape index (κ2) is 9.39. The smallest absolute Gasteiger partial charge is 0.316 e. The van der Waals surface area contributed by atoms with Gasteiger partial charge in [-0.2, -0.15) is 0 Å². The average Bonchev–Trinajstić information content (AvgIpc) is 2.52. The summed E-state index contributed by atoms with van der Waals surface area (Å²) < 4.78 is 0. The minimum Gasteiger partial charge on any atom is -0.370 e. The molecule has 1 atom stereocenters. The van der Waals surface area contributed by atoms with Gasteiger partial charge in [-0.05, 0) is 25.0 Å². The van der Waals surface area contributed by atoms with Gasteiger partial charge in [-0.1, -0.05) is 13.0 Å². The van der Waals surface area contributed by atoms with Crippen LogP contribution in [0.3, 0.4) is 0 Å². The Morgan fingerprint density at radius 2 is 2.04 bits per heavy atom. The lowest BCUT2D eigenvalue weighted by Gasteiger charge is -2.30. The van der Waals surface area contributed by atoms with E-state index in [1.54, 1.807) is 31.3 Å². The van der Waals surface area contributed by atoms with E-state index in [1.165, 1.54) is 4.90 Å². The number of carbonyl (C=O) groups excluding carboxylic acids is 3. The van der Waals surface area contributed by atoms with Crippen LogP contribution in [-0.4, -0.2) is 33.9 Å². The second-order valence-electron chi connectivity index (χ2n) is 5.08. The first kappa shape index (κ1) is 18.4. The van der Waals surface area contributed by atoms with Crippen LogP contribution >= 0.6 is 0 Å². The number of hydrogen-bond acceptors (Lipinski definition) is 4. The Bertz CT molecular complexity index is 535. The first-order valence-corrected chi connectivity index (χ1v) is 7.47. The van der Waals surface area contributed by atoms with Crippen LogP contribution in [0.15, 0.2) is 24.4 Å². The van der Waals surface area contributed by atoms with E-state index in [2.05, 4.69) is 10.3 Å². The molecule has 0 fully saturated rings. The summed E-state index contributed by atoms with van der Waals surface area (Å²) in [5.74, 6) is -0.637. The maximum absolute atomic E-state index is 11.8. The Kier molecular flexibility index (Phi) is 7.52. The van der Waals surface area contributed by atoms with Crippen molar-refractivity contribution >= 4 is 17.8 Å². The molecule has 0 aliphatic heterocycles. The van der Waals surface area contributed by atoms with Crippen LogP contribution in [0, 0.1) is 0 Å². The molecule has 126 valence electrons. The SMILES string of the molecule is CCC(=O)NC(CCCC(N)=O)N(Cc1ccccn1)C(N)=O. The number of nitrogens with two attached hydrogens (primary N) is 2. The fourth-order valence-corrected chi connectivity index (χ4v) is 2.07. The van der Waals surface area contributed by atoms with E-state index < -0.39 is 18.1 Å². The maximum Gasteiger partial charge on any atom is 0.316 e. The predicted molar refractivity (Wildman–Crippen MR) is 84.6 cm³/mol. The van der Waals surface area contributed by atoms with Gasteiger partial charge < -0.3 is 16.8 Å². The number of nitrogens with zero attached hydrogens (tertiary/aromatic N) is 2. The highest BCUT2D eigenvalue weighted by Crippen LogP contribution is 2.11. The lowest BCUT2D eigenvalue weighted by atomic mass is 10.1. The van der Waals surface area contributed by atoms with Crippen LogP contribution in [-0.2, 0) is 16.1 Å². The van der Waals surface area contributed by atoms with E-state index in [0.717, 1.165) is 0 Å². The third kappa shape index (κ3) is 6.77. The Hall–Kier alpha value is -2.64. The van der Waals surface area contributed by atoms with Gasteiger partial charge in [0.2, 0.25) is 11.8 Å². The molecule has 1 rings (SSSR count). The standard InChI is InChI=1S/C15H23N5O3/c1-2-14(22)19-13(8-5-7-12(16)21)20(15(17)23)10-11-6-3-4-9-18-11/h3-4,6,9,13H,2,5,7-8,10H2,1H3,(H2,16,21)(H2,17,23)(H,19,22). The van der Waals surface area contributed by atoms with Gasteiger partial charge in [0.25, 0.3) is 0 Å². The van der Waals surface area contributed by atoms with Crippen LogP contribution in [0.1, 0.15) is 38.3 Å². The number of carbonyl (C=O) groups is 3. The molecule has 5 N–H and O–H groups in total. The molecule has 0 aromatic carbocycles. The molecule has 0 radical (unpaired) electrons. The molecule has 4 amide bonds. The molecule has 1 aromatic heterocycles. The fourth-order valence-electron chi connectivity index (χ4n) is 2.07. The van der Waals surface area contributed by atoms with E-state index in [-0.39, 0.29) is 25.3 Å². The van der Waals surface area contributed by atoms with Crippen LogP contribution in [0.4, 0.5) is 4.79 Å². The van der Waals surface area contributed by atoms with Gasteiger partial charge in [0.05, 0.1) is 12.2 Å². The highest BCUT2D eigenvalue weighted by Gasteiger charge is 2.23. The van der Waals surface area contributed by atoms with Crippen molar-refractivity contribution in [3.63, 3.8) is 0 Å². The fraction of sp³-hybridized carbons (Fsp3) is 0.467.